The van der Waals surface area contributed by atoms with Gasteiger partial charge in [-0.15, -0.1) is 0 Å². The molecule has 13 heavy (non-hydrogen) atoms. The van der Waals surface area contributed by atoms with E-state index in [-0.39, 0.29) is 0 Å². The van der Waals surface area contributed by atoms with Crippen LogP contribution in [0.2, 0.25) is 0 Å². The van der Waals surface area contributed by atoms with E-state index in [1.807, 2.05) is 14.1 Å². The highest BCUT2D eigenvalue weighted by Gasteiger charge is 2.05. The minimum Gasteiger partial charge on any atom is -0.388 e. The Kier molecular flexibility index (Phi) is 3.77. The quantitative estimate of drug-likeness (QED) is 0.739. The van der Waals surface area contributed by atoms with Crippen molar-refractivity contribution in [3.05, 3.63) is 29.8 Å². The average Bonchev–Trinajstić information content (AvgIpc) is 2.20. The van der Waals surface area contributed by atoms with Crippen molar-refractivity contribution in [3.63, 3.8) is 0 Å². The predicted molar refractivity (Wildman–Crippen MR) is 58.1 cm³/mol. The third-order valence-electron chi connectivity index (χ3n) is 2.33. The van der Waals surface area contributed by atoms with Crippen LogP contribution in [0.25, 0.3) is 0 Å². The van der Waals surface area contributed by atoms with Crippen LogP contribution in [0.3, 0.4) is 0 Å². The first-order chi connectivity index (χ1) is 6.31. The van der Waals surface area contributed by atoms with E-state index in [0.717, 1.165) is 6.42 Å². The van der Waals surface area contributed by atoms with Gasteiger partial charge in [0.2, 0.25) is 0 Å². The third-order valence-corrected chi connectivity index (χ3v) is 2.33. The fraction of sp³-hybridized carbons (Fsp3) is 0.455. The van der Waals surface area contributed by atoms with Crippen LogP contribution in [0.5, 0.6) is 0 Å². The highest BCUT2D eigenvalue weighted by atomic mass is 14.9. The Labute approximate surface area is 80.4 Å². The SMILES string of the molecule is CCC(NC)c1cccc(NC)c1. The molecule has 1 aromatic rings. The lowest BCUT2D eigenvalue weighted by atomic mass is 10.0. The van der Waals surface area contributed by atoms with Gasteiger partial charge < -0.3 is 10.6 Å². The molecule has 0 saturated carbocycles. The summed E-state index contributed by atoms with van der Waals surface area (Å²) in [5.41, 5.74) is 2.52. The maximum Gasteiger partial charge on any atom is 0.0340 e. The van der Waals surface area contributed by atoms with Crippen molar-refractivity contribution < 1.29 is 0 Å². The van der Waals surface area contributed by atoms with E-state index in [4.69, 9.17) is 0 Å². The molecule has 72 valence electrons. The summed E-state index contributed by atoms with van der Waals surface area (Å²) >= 11 is 0. The molecule has 0 aliphatic carbocycles. The van der Waals surface area contributed by atoms with Crippen molar-refractivity contribution in [1.29, 1.82) is 0 Å². The second kappa shape index (κ2) is 4.87. The molecule has 2 heteroatoms. The molecule has 1 rings (SSSR count). The van der Waals surface area contributed by atoms with Gasteiger partial charge in [0, 0.05) is 18.8 Å². The maximum absolute atomic E-state index is 3.29. The van der Waals surface area contributed by atoms with Gasteiger partial charge in [-0.3, -0.25) is 0 Å². The second-order valence-corrected chi connectivity index (χ2v) is 3.12. The molecule has 0 heterocycles. The Balaban J connectivity index is 2.86. The van der Waals surface area contributed by atoms with E-state index in [1.165, 1.54) is 11.3 Å². The standard InChI is InChI=1S/C11H18N2/c1-4-11(13-3)9-6-5-7-10(8-9)12-2/h5-8,11-13H,4H2,1-3H3. The molecule has 0 radical (unpaired) electrons. The molecular formula is C11H18N2. The highest BCUT2D eigenvalue weighted by Crippen LogP contribution is 2.19. The Morgan fingerprint density at radius 2 is 2.08 bits per heavy atom. The van der Waals surface area contributed by atoms with Crippen molar-refractivity contribution in [2.45, 2.75) is 19.4 Å². The van der Waals surface area contributed by atoms with E-state index >= 15 is 0 Å². The zero-order valence-corrected chi connectivity index (χ0v) is 8.59. The molecule has 0 aliphatic heterocycles. The fourth-order valence-electron chi connectivity index (χ4n) is 1.52. The predicted octanol–water partition coefficient (Wildman–Crippen LogP) is 2.40. The van der Waals surface area contributed by atoms with E-state index in [9.17, 15) is 0 Å². The summed E-state index contributed by atoms with van der Waals surface area (Å²) in [4.78, 5) is 0. The van der Waals surface area contributed by atoms with Gasteiger partial charge in [-0.2, -0.15) is 0 Å². The van der Waals surface area contributed by atoms with Gasteiger partial charge in [0.1, 0.15) is 0 Å². The van der Waals surface area contributed by atoms with E-state index in [1.54, 1.807) is 0 Å². The van der Waals surface area contributed by atoms with Gasteiger partial charge in [0.05, 0.1) is 0 Å². The Hall–Kier alpha value is -1.02. The van der Waals surface area contributed by atoms with Crippen LogP contribution in [0.4, 0.5) is 5.69 Å². The number of benzene rings is 1. The molecule has 2 nitrogen and oxygen atoms in total. The van der Waals surface area contributed by atoms with Crippen LogP contribution in [0.1, 0.15) is 24.9 Å². The van der Waals surface area contributed by atoms with Crippen molar-refractivity contribution in [2.75, 3.05) is 19.4 Å². The van der Waals surface area contributed by atoms with E-state index in [0.29, 0.717) is 6.04 Å². The van der Waals surface area contributed by atoms with Crippen LogP contribution in [0, 0.1) is 0 Å². The zero-order chi connectivity index (χ0) is 9.68. The molecule has 0 aliphatic rings. The minimum atomic E-state index is 0.466. The lowest BCUT2D eigenvalue weighted by Crippen LogP contribution is -2.15. The van der Waals surface area contributed by atoms with Gasteiger partial charge in [0.25, 0.3) is 0 Å². The van der Waals surface area contributed by atoms with Crippen LogP contribution in [-0.4, -0.2) is 14.1 Å². The van der Waals surface area contributed by atoms with Gasteiger partial charge in [-0.05, 0) is 31.2 Å². The molecular weight excluding hydrogens is 160 g/mol. The fourth-order valence-corrected chi connectivity index (χ4v) is 1.52. The van der Waals surface area contributed by atoms with Crippen LogP contribution < -0.4 is 10.6 Å². The molecule has 0 spiro atoms. The molecule has 0 amide bonds. The highest BCUT2D eigenvalue weighted by molar-refractivity contribution is 5.45. The van der Waals surface area contributed by atoms with Crippen LogP contribution >= 0.6 is 0 Å². The van der Waals surface area contributed by atoms with Crippen LogP contribution in [0.15, 0.2) is 24.3 Å². The second-order valence-electron chi connectivity index (χ2n) is 3.12. The first-order valence-electron chi connectivity index (χ1n) is 4.76. The lowest BCUT2D eigenvalue weighted by Gasteiger charge is -2.15. The molecule has 1 aromatic carbocycles. The third kappa shape index (κ3) is 2.46. The molecule has 0 saturated heterocycles. The smallest absolute Gasteiger partial charge is 0.0340 e. The summed E-state index contributed by atoms with van der Waals surface area (Å²) < 4.78 is 0. The molecule has 1 atom stereocenters. The van der Waals surface area contributed by atoms with Gasteiger partial charge in [-0.25, -0.2) is 0 Å². The van der Waals surface area contributed by atoms with Crippen LogP contribution in [-0.2, 0) is 0 Å². The first-order valence-corrected chi connectivity index (χ1v) is 4.76. The number of anilines is 1. The summed E-state index contributed by atoms with van der Waals surface area (Å²) in [6.07, 6.45) is 1.11. The Bertz CT molecular complexity index is 254. The van der Waals surface area contributed by atoms with Crippen molar-refractivity contribution in [1.82, 2.24) is 5.32 Å². The van der Waals surface area contributed by atoms with E-state index in [2.05, 4.69) is 41.8 Å². The molecule has 2 N–H and O–H groups in total. The average molecular weight is 178 g/mol. The summed E-state index contributed by atoms with van der Waals surface area (Å²) in [6.45, 7) is 2.19. The van der Waals surface area contributed by atoms with Crippen molar-refractivity contribution in [3.8, 4) is 0 Å². The zero-order valence-electron chi connectivity index (χ0n) is 8.59. The normalized spacial score (nSPS) is 12.5. The number of nitrogens with one attached hydrogen (secondary N) is 2. The molecule has 0 bridgehead atoms. The van der Waals surface area contributed by atoms with Crippen molar-refractivity contribution in [2.24, 2.45) is 0 Å². The Morgan fingerprint density at radius 1 is 1.31 bits per heavy atom. The van der Waals surface area contributed by atoms with Crippen molar-refractivity contribution >= 4 is 5.69 Å². The maximum atomic E-state index is 3.29. The number of hydrogen-bond donors (Lipinski definition) is 2. The van der Waals surface area contributed by atoms with Gasteiger partial charge >= 0.3 is 0 Å². The first kappa shape index (κ1) is 10.1. The van der Waals surface area contributed by atoms with E-state index < -0.39 is 0 Å². The molecule has 1 unspecified atom stereocenters. The summed E-state index contributed by atoms with van der Waals surface area (Å²) in [5.74, 6) is 0. The van der Waals surface area contributed by atoms with Gasteiger partial charge in [0.15, 0.2) is 0 Å². The number of hydrogen-bond acceptors (Lipinski definition) is 2. The molecule has 0 fully saturated rings. The topological polar surface area (TPSA) is 24.1 Å². The Morgan fingerprint density at radius 3 is 2.62 bits per heavy atom. The van der Waals surface area contributed by atoms with Gasteiger partial charge in [-0.1, -0.05) is 19.1 Å². The monoisotopic (exact) mass is 178 g/mol. The lowest BCUT2D eigenvalue weighted by molar-refractivity contribution is 0.577. The largest absolute Gasteiger partial charge is 0.388 e. The molecule has 0 aromatic heterocycles. The number of rotatable bonds is 4. The summed E-state index contributed by atoms with van der Waals surface area (Å²) in [6, 6.07) is 8.97. The summed E-state index contributed by atoms with van der Waals surface area (Å²) in [7, 11) is 3.94. The minimum absolute atomic E-state index is 0.466. The summed E-state index contributed by atoms with van der Waals surface area (Å²) in [5, 5.41) is 6.43.